The fourth-order valence-corrected chi connectivity index (χ4v) is 3.76. The van der Waals surface area contributed by atoms with Gasteiger partial charge in [0.15, 0.2) is 4.32 Å². The van der Waals surface area contributed by atoms with E-state index >= 15 is 0 Å². The lowest BCUT2D eigenvalue weighted by molar-refractivity contribution is -0.113. The number of methoxy groups -OCH3 is 1. The van der Waals surface area contributed by atoms with Crippen LogP contribution in [-0.2, 0) is 9.53 Å². The lowest BCUT2D eigenvalue weighted by Gasteiger charge is -2.16. The molecule has 0 saturated carbocycles. The van der Waals surface area contributed by atoms with Crippen LogP contribution in [0.5, 0.6) is 0 Å². The lowest BCUT2D eigenvalue weighted by Crippen LogP contribution is -2.28. The summed E-state index contributed by atoms with van der Waals surface area (Å²) in [4.78, 5) is 26.4. The number of aryl methyl sites for hydroxylation is 1. The lowest BCUT2D eigenvalue weighted by atomic mass is 10.1. The third kappa shape index (κ3) is 3.50. The van der Waals surface area contributed by atoms with Crippen LogP contribution in [0.3, 0.4) is 0 Å². The molecule has 0 bridgehead atoms. The Morgan fingerprint density at radius 2 is 1.84 bits per heavy atom. The zero-order valence-electron chi connectivity index (χ0n) is 13.7. The molecule has 0 radical (unpaired) electrons. The second-order valence-electron chi connectivity index (χ2n) is 5.42. The van der Waals surface area contributed by atoms with Crippen LogP contribution in [0, 0.1) is 6.92 Å². The van der Waals surface area contributed by atoms with E-state index in [0.29, 0.717) is 14.8 Å². The molecular weight excluding hydrogens is 354 g/mol. The zero-order chi connectivity index (χ0) is 18.0. The first-order chi connectivity index (χ1) is 12.0. The van der Waals surface area contributed by atoms with E-state index in [2.05, 4.69) is 4.74 Å². The number of thioether (sulfide) groups is 1. The Bertz CT molecular complexity index is 888. The maximum atomic E-state index is 12.8. The molecule has 3 rings (SSSR count). The number of rotatable bonds is 3. The number of esters is 1. The molecule has 1 amide bonds. The van der Waals surface area contributed by atoms with Crippen LogP contribution >= 0.6 is 24.0 Å². The molecule has 0 aromatic heterocycles. The molecule has 1 heterocycles. The molecule has 2 aromatic carbocycles. The Morgan fingerprint density at radius 1 is 1.16 bits per heavy atom. The minimum Gasteiger partial charge on any atom is -0.465 e. The van der Waals surface area contributed by atoms with Crippen LogP contribution in [-0.4, -0.2) is 23.3 Å². The summed E-state index contributed by atoms with van der Waals surface area (Å²) in [5, 5.41) is 0. The van der Waals surface area contributed by atoms with Gasteiger partial charge in [-0.15, -0.1) is 0 Å². The number of carbonyl (C=O) groups is 2. The van der Waals surface area contributed by atoms with Gasteiger partial charge in [-0.1, -0.05) is 54.3 Å². The molecule has 1 saturated heterocycles. The number of anilines is 1. The van der Waals surface area contributed by atoms with Crippen molar-refractivity contribution in [3.05, 3.63) is 70.1 Å². The number of carbonyl (C=O) groups excluding carboxylic acids is 2. The van der Waals surface area contributed by atoms with E-state index < -0.39 is 5.97 Å². The van der Waals surface area contributed by atoms with Crippen molar-refractivity contribution in [3.8, 4) is 0 Å². The van der Waals surface area contributed by atoms with Gasteiger partial charge in [-0.2, -0.15) is 0 Å². The van der Waals surface area contributed by atoms with E-state index in [9.17, 15) is 9.59 Å². The van der Waals surface area contributed by atoms with E-state index in [1.807, 2.05) is 31.2 Å². The number of benzene rings is 2. The van der Waals surface area contributed by atoms with Crippen LogP contribution < -0.4 is 4.90 Å². The van der Waals surface area contributed by atoms with Crippen LogP contribution in [0.15, 0.2) is 53.4 Å². The van der Waals surface area contributed by atoms with Crippen molar-refractivity contribution in [1.29, 1.82) is 0 Å². The number of hydrogen-bond donors (Lipinski definition) is 0. The minimum absolute atomic E-state index is 0.138. The van der Waals surface area contributed by atoms with Crippen molar-refractivity contribution in [3.63, 3.8) is 0 Å². The number of para-hydroxylation sites is 1. The van der Waals surface area contributed by atoms with Crippen molar-refractivity contribution in [2.24, 2.45) is 0 Å². The zero-order valence-corrected chi connectivity index (χ0v) is 15.3. The molecule has 0 atom stereocenters. The molecule has 0 N–H and O–H groups in total. The molecule has 4 nitrogen and oxygen atoms in total. The second-order valence-corrected chi connectivity index (χ2v) is 7.09. The van der Waals surface area contributed by atoms with E-state index in [4.69, 9.17) is 12.2 Å². The van der Waals surface area contributed by atoms with Gasteiger partial charge in [0.1, 0.15) is 0 Å². The number of amides is 1. The first-order valence-electron chi connectivity index (χ1n) is 7.53. The average molecular weight is 369 g/mol. The van der Waals surface area contributed by atoms with Gasteiger partial charge in [0, 0.05) is 0 Å². The summed E-state index contributed by atoms with van der Waals surface area (Å²) in [6, 6.07) is 14.5. The Hall–Kier alpha value is -2.44. The normalized spacial score (nSPS) is 15.8. The van der Waals surface area contributed by atoms with E-state index in [0.717, 1.165) is 16.8 Å². The SMILES string of the molecule is COC(=O)c1ccc(/C=C2\SC(=S)N(c3ccccc3C)C2=O)cc1. The summed E-state index contributed by atoms with van der Waals surface area (Å²) in [5.74, 6) is -0.529. The maximum Gasteiger partial charge on any atom is 0.337 e. The smallest absolute Gasteiger partial charge is 0.337 e. The second kappa shape index (κ2) is 7.21. The van der Waals surface area contributed by atoms with Gasteiger partial charge in [-0.25, -0.2) is 4.79 Å². The summed E-state index contributed by atoms with van der Waals surface area (Å²) in [6.07, 6.45) is 1.78. The van der Waals surface area contributed by atoms with Gasteiger partial charge in [0.05, 0.1) is 23.3 Å². The molecule has 0 unspecified atom stereocenters. The molecule has 25 heavy (non-hydrogen) atoms. The van der Waals surface area contributed by atoms with Crippen molar-refractivity contribution < 1.29 is 14.3 Å². The highest BCUT2D eigenvalue weighted by molar-refractivity contribution is 8.27. The number of hydrogen-bond acceptors (Lipinski definition) is 5. The van der Waals surface area contributed by atoms with Crippen molar-refractivity contribution >= 4 is 51.9 Å². The fourth-order valence-electron chi connectivity index (χ4n) is 2.47. The summed E-state index contributed by atoms with van der Waals surface area (Å²) >= 11 is 6.66. The summed E-state index contributed by atoms with van der Waals surface area (Å²) in [7, 11) is 1.34. The largest absolute Gasteiger partial charge is 0.465 e. The van der Waals surface area contributed by atoms with Crippen molar-refractivity contribution in [1.82, 2.24) is 0 Å². The van der Waals surface area contributed by atoms with Gasteiger partial charge in [0.2, 0.25) is 0 Å². The van der Waals surface area contributed by atoms with E-state index in [1.165, 1.54) is 18.9 Å². The summed E-state index contributed by atoms with van der Waals surface area (Å²) in [5.41, 5.74) is 3.07. The van der Waals surface area contributed by atoms with Crippen molar-refractivity contribution in [2.45, 2.75) is 6.92 Å². The molecule has 0 aliphatic carbocycles. The number of nitrogens with zero attached hydrogens (tertiary/aromatic N) is 1. The van der Waals surface area contributed by atoms with Crippen LogP contribution in [0.25, 0.3) is 6.08 Å². The fraction of sp³-hybridized carbons (Fsp3) is 0.105. The van der Waals surface area contributed by atoms with Gasteiger partial charge < -0.3 is 4.74 Å². The molecular formula is C19H15NO3S2. The molecule has 126 valence electrons. The third-order valence-corrected chi connectivity index (χ3v) is 5.08. The molecule has 2 aromatic rings. The first-order valence-corrected chi connectivity index (χ1v) is 8.75. The standard InChI is InChI=1S/C19H15NO3S2/c1-12-5-3-4-6-15(12)20-17(21)16(25-19(20)24)11-13-7-9-14(10-8-13)18(22)23-2/h3-11H,1-2H3/b16-11-. The summed E-state index contributed by atoms with van der Waals surface area (Å²) in [6.45, 7) is 1.95. The molecule has 0 spiro atoms. The highest BCUT2D eigenvalue weighted by atomic mass is 32.2. The number of ether oxygens (including phenoxy) is 1. The van der Waals surface area contributed by atoms with Crippen molar-refractivity contribution in [2.75, 3.05) is 12.0 Å². The number of thiocarbonyl (C=S) groups is 1. The summed E-state index contributed by atoms with van der Waals surface area (Å²) < 4.78 is 5.19. The minimum atomic E-state index is -0.391. The Kier molecular flexibility index (Phi) is 5.01. The molecule has 6 heteroatoms. The van der Waals surface area contributed by atoms with Crippen LogP contribution in [0.4, 0.5) is 5.69 Å². The topological polar surface area (TPSA) is 46.6 Å². The predicted molar refractivity (Wildman–Crippen MR) is 105 cm³/mol. The Balaban J connectivity index is 1.88. The Morgan fingerprint density at radius 3 is 2.48 bits per heavy atom. The van der Waals surface area contributed by atoms with Gasteiger partial charge in [-0.3, -0.25) is 9.69 Å². The average Bonchev–Trinajstić information content (AvgIpc) is 2.89. The quantitative estimate of drug-likeness (QED) is 0.461. The van der Waals surface area contributed by atoms with E-state index in [1.54, 1.807) is 35.2 Å². The van der Waals surface area contributed by atoms with Crippen LogP contribution in [0.2, 0.25) is 0 Å². The van der Waals surface area contributed by atoms with Gasteiger partial charge in [-0.05, 0) is 42.3 Å². The molecule has 1 aliphatic heterocycles. The highest BCUT2D eigenvalue weighted by Gasteiger charge is 2.33. The van der Waals surface area contributed by atoms with Gasteiger partial charge >= 0.3 is 5.97 Å². The first kappa shape index (κ1) is 17.4. The van der Waals surface area contributed by atoms with E-state index in [-0.39, 0.29) is 5.91 Å². The predicted octanol–water partition coefficient (Wildman–Crippen LogP) is 4.19. The monoisotopic (exact) mass is 369 g/mol. The Labute approximate surface area is 155 Å². The maximum absolute atomic E-state index is 12.8. The highest BCUT2D eigenvalue weighted by Crippen LogP contribution is 2.37. The molecule has 1 aliphatic rings. The van der Waals surface area contributed by atoms with Crippen LogP contribution in [0.1, 0.15) is 21.5 Å². The molecule has 1 fully saturated rings. The third-order valence-electron chi connectivity index (χ3n) is 3.78. The van der Waals surface area contributed by atoms with Gasteiger partial charge in [0.25, 0.3) is 5.91 Å².